The van der Waals surface area contributed by atoms with Crippen molar-refractivity contribution in [1.29, 1.82) is 0 Å². The fourth-order valence-corrected chi connectivity index (χ4v) is 4.25. The van der Waals surface area contributed by atoms with Crippen LogP contribution < -0.4 is 5.43 Å². The molecule has 0 aromatic heterocycles. The predicted octanol–water partition coefficient (Wildman–Crippen LogP) is 7.03. The Morgan fingerprint density at radius 3 is 2.30 bits per heavy atom. The SMILES string of the molecule is O=[N+]([O-])c1ccc(NN=C(C=Cc2ccc(Br)cc2Br)c2cc(Br)ccc2O)c([N+](=O)[O-])c1. The van der Waals surface area contributed by atoms with Crippen LogP contribution in [0.25, 0.3) is 6.08 Å². The first-order chi connectivity index (χ1) is 15.7. The van der Waals surface area contributed by atoms with E-state index in [2.05, 4.69) is 58.3 Å². The monoisotopic (exact) mass is 638 g/mol. The zero-order valence-corrected chi connectivity index (χ0v) is 21.2. The minimum absolute atomic E-state index is 0.0455. The number of allylic oxidation sites excluding steroid dienone is 1. The molecule has 0 aliphatic rings. The summed E-state index contributed by atoms with van der Waals surface area (Å²) in [5.74, 6) is -0.0588. The van der Waals surface area contributed by atoms with Crippen molar-refractivity contribution in [1.82, 2.24) is 0 Å². The molecule has 0 unspecified atom stereocenters. The van der Waals surface area contributed by atoms with Crippen molar-refractivity contribution in [3.63, 3.8) is 0 Å². The van der Waals surface area contributed by atoms with E-state index in [-0.39, 0.29) is 17.1 Å². The van der Waals surface area contributed by atoms with Gasteiger partial charge in [0, 0.05) is 25.0 Å². The number of phenolic OH excluding ortho intramolecular Hbond substituents is 1. The number of nitro benzene ring substituents is 2. The highest BCUT2D eigenvalue weighted by molar-refractivity contribution is 9.11. The molecule has 3 aromatic rings. The molecule has 12 heteroatoms. The number of nitrogens with one attached hydrogen (secondary N) is 1. The molecular weight excluding hydrogens is 628 g/mol. The van der Waals surface area contributed by atoms with Crippen LogP contribution >= 0.6 is 47.8 Å². The van der Waals surface area contributed by atoms with Gasteiger partial charge in [-0.15, -0.1) is 0 Å². The van der Waals surface area contributed by atoms with E-state index in [1.807, 2.05) is 18.2 Å². The van der Waals surface area contributed by atoms with Gasteiger partial charge in [0.05, 0.1) is 21.6 Å². The number of hydrazone groups is 1. The number of nitro groups is 2. The second-order valence-corrected chi connectivity index (χ2v) is 9.17. The Morgan fingerprint density at radius 1 is 0.939 bits per heavy atom. The van der Waals surface area contributed by atoms with Crippen molar-refractivity contribution in [3.8, 4) is 5.75 Å². The molecule has 0 saturated carbocycles. The average Bonchev–Trinajstić information content (AvgIpc) is 2.76. The van der Waals surface area contributed by atoms with Crippen molar-refractivity contribution in [2.24, 2.45) is 5.10 Å². The first-order valence-electron chi connectivity index (χ1n) is 9.04. The third-order valence-electron chi connectivity index (χ3n) is 4.30. The normalized spacial score (nSPS) is 11.5. The molecule has 3 rings (SSSR count). The lowest BCUT2D eigenvalue weighted by Gasteiger charge is -2.08. The standard InChI is InChI=1S/C21H13Br3N4O5/c22-13-4-8-21(29)16(9-13)18(6-2-12-1-3-14(23)10-17(12)24)25-26-19-7-5-15(27(30)31)11-20(19)28(32)33/h1-11,26,29H. The van der Waals surface area contributed by atoms with Crippen LogP contribution in [0, 0.1) is 20.2 Å². The Bertz CT molecular complexity index is 1310. The van der Waals surface area contributed by atoms with Crippen molar-refractivity contribution < 1.29 is 15.0 Å². The molecule has 0 amide bonds. The van der Waals surface area contributed by atoms with Crippen LogP contribution in [0.3, 0.4) is 0 Å². The van der Waals surface area contributed by atoms with Gasteiger partial charge in [-0.25, -0.2) is 0 Å². The smallest absolute Gasteiger partial charge is 0.301 e. The average molecular weight is 641 g/mol. The minimum atomic E-state index is -0.740. The molecule has 9 nitrogen and oxygen atoms in total. The molecule has 168 valence electrons. The first-order valence-corrected chi connectivity index (χ1v) is 11.4. The topological polar surface area (TPSA) is 131 Å². The third kappa shape index (κ3) is 6.24. The zero-order chi connectivity index (χ0) is 24.1. The Kier molecular flexibility index (Phi) is 7.95. The van der Waals surface area contributed by atoms with Gasteiger partial charge in [0.2, 0.25) is 0 Å². The Morgan fingerprint density at radius 2 is 1.64 bits per heavy atom. The van der Waals surface area contributed by atoms with E-state index < -0.39 is 21.2 Å². The van der Waals surface area contributed by atoms with Gasteiger partial charge >= 0.3 is 5.69 Å². The molecule has 0 saturated heterocycles. The molecule has 0 heterocycles. The summed E-state index contributed by atoms with van der Waals surface area (Å²) in [6.07, 6.45) is 3.38. The number of nitrogens with zero attached hydrogens (tertiary/aromatic N) is 3. The van der Waals surface area contributed by atoms with Gasteiger partial charge < -0.3 is 5.11 Å². The summed E-state index contributed by atoms with van der Waals surface area (Å²) in [6, 6.07) is 13.5. The van der Waals surface area contributed by atoms with Gasteiger partial charge in [0.25, 0.3) is 5.69 Å². The van der Waals surface area contributed by atoms with Gasteiger partial charge in [-0.3, -0.25) is 25.7 Å². The maximum absolute atomic E-state index is 11.4. The van der Waals surface area contributed by atoms with E-state index in [9.17, 15) is 25.3 Å². The lowest BCUT2D eigenvalue weighted by atomic mass is 10.1. The van der Waals surface area contributed by atoms with Crippen LogP contribution in [0.5, 0.6) is 5.75 Å². The molecule has 33 heavy (non-hydrogen) atoms. The highest BCUT2D eigenvalue weighted by Crippen LogP contribution is 2.30. The number of benzene rings is 3. The number of halogens is 3. The van der Waals surface area contributed by atoms with E-state index in [1.165, 1.54) is 12.1 Å². The first kappa shape index (κ1) is 24.6. The number of hydrogen-bond acceptors (Lipinski definition) is 7. The van der Waals surface area contributed by atoms with Crippen LogP contribution in [0.15, 0.2) is 79.2 Å². The molecular formula is C21H13Br3N4O5. The Labute approximate surface area is 212 Å². The van der Waals surface area contributed by atoms with Crippen molar-refractivity contribution in [3.05, 3.63) is 105 Å². The fraction of sp³-hybridized carbons (Fsp3) is 0. The number of anilines is 1. The van der Waals surface area contributed by atoms with Gasteiger partial charge in [-0.05, 0) is 48.0 Å². The number of rotatable bonds is 7. The molecule has 2 N–H and O–H groups in total. The molecule has 0 radical (unpaired) electrons. The quantitative estimate of drug-likeness (QED) is 0.162. The van der Waals surface area contributed by atoms with Crippen LogP contribution in [-0.2, 0) is 0 Å². The number of aromatic hydroxyl groups is 1. The van der Waals surface area contributed by atoms with E-state index in [4.69, 9.17) is 0 Å². The Balaban J connectivity index is 2.06. The zero-order valence-electron chi connectivity index (χ0n) is 16.4. The molecule has 3 aromatic carbocycles. The molecule has 0 atom stereocenters. The fourth-order valence-electron chi connectivity index (χ4n) is 2.71. The maximum atomic E-state index is 11.4. The van der Waals surface area contributed by atoms with Crippen molar-refractivity contribution in [2.45, 2.75) is 0 Å². The lowest BCUT2D eigenvalue weighted by molar-refractivity contribution is -0.393. The van der Waals surface area contributed by atoms with E-state index in [0.29, 0.717) is 10.0 Å². The number of hydrogen-bond donors (Lipinski definition) is 2. The summed E-state index contributed by atoms with van der Waals surface area (Å²) in [5, 5.41) is 37.0. The summed E-state index contributed by atoms with van der Waals surface area (Å²) in [5.41, 5.74) is 3.06. The van der Waals surface area contributed by atoms with Crippen LogP contribution in [-0.4, -0.2) is 20.7 Å². The van der Waals surface area contributed by atoms with Gasteiger partial charge in [0.15, 0.2) is 0 Å². The Hall–Kier alpha value is -3.09. The summed E-state index contributed by atoms with van der Waals surface area (Å²) in [4.78, 5) is 20.9. The van der Waals surface area contributed by atoms with Crippen LogP contribution in [0.2, 0.25) is 0 Å². The maximum Gasteiger partial charge on any atom is 0.301 e. The largest absolute Gasteiger partial charge is 0.507 e. The molecule has 0 aliphatic heterocycles. The van der Waals surface area contributed by atoms with Gasteiger partial charge in [-0.2, -0.15) is 5.10 Å². The second-order valence-electron chi connectivity index (χ2n) is 6.49. The van der Waals surface area contributed by atoms with Crippen molar-refractivity contribution >= 4 is 76.6 Å². The van der Waals surface area contributed by atoms with E-state index >= 15 is 0 Å². The summed E-state index contributed by atoms with van der Waals surface area (Å²) in [7, 11) is 0. The number of phenols is 1. The van der Waals surface area contributed by atoms with Gasteiger partial charge in [0.1, 0.15) is 11.4 Å². The van der Waals surface area contributed by atoms with E-state index in [0.717, 1.165) is 26.6 Å². The second kappa shape index (κ2) is 10.7. The lowest BCUT2D eigenvalue weighted by Crippen LogP contribution is -2.04. The molecule has 0 aliphatic carbocycles. The highest BCUT2D eigenvalue weighted by atomic mass is 79.9. The van der Waals surface area contributed by atoms with Crippen molar-refractivity contribution in [2.75, 3.05) is 5.43 Å². The van der Waals surface area contributed by atoms with Crippen LogP contribution in [0.4, 0.5) is 17.1 Å². The molecule has 0 bridgehead atoms. The highest BCUT2D eigenvalue weighted by Gasteiger charge is 2.19. The molecule has 0 spiro atoms. The third-order valence-corrected chi connectivity index (χ3v) is 5.98. The molecule has 0 fully saturated rings. The van der Waals surface area contributed by atoms with E-state index in [1.54, 1.807) is 24.3 Å². The van der Waals surface area contributed by atoms with Crippen LogP contribution in [0.1, 0.15) is 11.1 Å². The predicted molar refractivity (Wildman–Crippen MR) is 137 cm³/mol. The van der Waals surface area contributed by atoms with Gasteiger partial charge in [-0.1, -0.05) is 59.9 Å². The summed E-state index contributed by atoms with van der Waals surface area (Å²) in [6.45, 7) is 0. The minimum Gasteiger partial charge on any atom is -0.507 e. The summed E-state index contributed by atoms with van der Waals surface area (Å²) < 4.78 is 2.38. The summed E-state index contributed by atoms with van der Waals surface area (Å²) >= 11 is 10.2. The number of non-ortho nitro benzene ring substituents is 1.